The lowest BCUT2D eigenvalue weighted by atomic mass is 10.5. The Morgan fingerprint density at radius 3 is 2.79 bits per heavy atom. The van der Waals surface area contributed by atoms with Crippen LogP contribution in [0.25, 0.3) is 0 Å². The first-order valence-electron chi connectivity index (χ1n) is 5.14. The van der Waals surface area contributed by atoms with Gasteiger partial charge in [-0.3, -0.25) is 19.0 Å². The lowest BCUT2D eigenvalue weighted by Gasteiger charge is -2.04. The zero-order chi connectivity index (χ0) is 14.5. The van der Waals surface area contributed by atoms with Crippen LogP contribution in [-0.4, -0.2) is 48.1 Å². The van der Waals surface area contributed by atoms with Gasteiger partial charge in [0, 0.05) is 6.20 Å². The second kappa shape index (κ2) is 6.18. The fraction of sp³-hybridized carbons (Fsp3) is 0.444. The van der Waals surface area contributed by atoms with E-state index >= 15 is 0 Å². The van der Waals surface area contributed by atoms with E-state index in [4.69, 9.17) is 5.11 Å². The van der Waals surface area contributed by atoms with Crippen molar-refractivity contribution >= 4 is 27.6 Å². The topological polar surface area (TPSA) is 128 Å². The second-order valence-corrected chi connectivity index (χ2v) is 5.41. The summed E-state index contributed by atoms with van der Waals surface area (Å²) in [5, 5.41) is 12.2. The molecule has 0 atom stereocenters. The summed E-state index contributed by atoms with van der Waals surface area (Å²) in [5.41, 5.74) is 0.131. The van der Waals surface area contributed by atoms with E-state index in [0.29, 0.717) is 0 Å². The van der Waals surface area contributed by atoms with Crippen LogP contribution in [0, 0.1) is 0 Å². The van der Waals surface area contributed by atoms with Gasteiger partial charge in [0.15, 0.2) is 0 Å². The minimum absolute atomic E-state index is 0.131. The average Bonchev–Trinajstić information content (AvgIpc) is 2.71. The first-order chi connectivity index (χ1) is 8.82. The summed E-state index contributed by atoms with van der Waals surface area (Å²) in [7, 11) is -2.54. The fourth-order valence-corrected chi connectivity index (χ4v) is 2.19. The number of rotatable bonds is 7. The normalized spacial score (nSPS) is 11.0. The van der Waals surface area contributed by atoms with Gasteiger partial charge in [0.05, 0.1) is 31.2 Å². The quantitative estimate of drug-likeness (QED) is 0.634. The van der Waals surface area contributed by atoms with E-state index in [1.54, 1.807) is 0 Å². The highest BCUT2D eigenvalue weighted by atomic mass is 32.2. The number of methoxy groups -OCH3 is 1. The third-order valence-corrected chi connectivity index (χ3v) is 3.29. The number of nitrogens with zero attached hydrogens (tertiary/aromatic N) is 2. The standard InChI is InChI=1S/C9H13N3O6S/c1-18-9(15)2-3-19(16,17)11-7-4-10-12(5-7)6-8(13)14/h4-5,11H,2-3,6H2,1H3,(H,13,14). The van der Waals surface area contributed by atoms with E-state index < -0.39 is 27.7 Å². The van der Waals surface area contributed by atoms with Crippen LogP contribution in [0.5, 0.6) is 0 Å². The molecule has 0 amide bonds. The van der Waals surface area contributed by atoms with Gasteiger partial charge in [0.2, 0.25) is 10.0 Å². The van der Waals surface area contributed by atoms with Gasteiger partial charge in [0.1, 0.15) is 6.54 Å². The number of aromatic nitrogens is 2. The van der Waals surface area contributed by atoms with Gasteiger partial charge in [0.25, 0.3) is 0 Å². The van der Waals surface area contributed by atoms with E-state index in [-0.39, 0.29) is 18.7 Å². The lowest BCUT2D eigenvalue weighted by Crippen LogP contribution is -2.19. The summed E-state index contributed by atoms with van der Waals surface area (Å²) < 4.78 is 30.7. The zero-order valence-electron chi connectivity index (χ0n) is 10.1. The van der Waals surface area contributed by atoms with E-state index in [0.717, 1.165) is 11.8 Å². The number of aliphatic carboxylic acids is 1. The molecule has 1 heterocycles. The number of anilines is 1. The van der Waals surface area contributed by atoms with Crippen molar-refractivity contribution in [2.24, 2.45) is 0 Å². The second-order valence-electron chi connectivity index (χ2n) is 3.57. The van der Waals surface area contributed by atoms with Crippen molar-refractivity contribution in [2.75, 3.05) is 17.6 Å². The lowest BCUT2D eigenvalue weighted by molar-refractivity contribution is -0.140. The van der Waals surface area contributed by atoms with Gasteiger partial charge < -0.3 is 9.84 Å². The van der Waals surface area contributed by atoms with Crippen molar-refractivity contribution < 1.29 is 27.9 Å². The molecule has 0 aliphatic rings. The minimum Gasteiger partial charge on any atom is -0.480 e. The van der Waals surface area contributed by atoms with Gasteiger partial charge >= 0.3 is 11.9 Å². The molecule has 1 aromatic heterocycles. The monoisotopic (exact) mass is 291 g/mol. The molecule has 0 aliphatic heterocycles. The summed E-state index contributed by atoms with van der Waals surface area (Å²) in [5.74, 6) is -2.15. The largest absolute Gasteiger partial charge is 0.480 e. The number of ether oxygens (including phenoxy) is 1. The fourth-order valence-electron chi connectivity index (χ4n) is 1.19. The Morgan fingerprint density at radius 1 is 1.53 bits per heavy atom. The molecule has 106 valence electrons. The summed E-state index contributed by atoms with van der Waals surface area (Å²) in [6.07, 6.45) is 2.15. The van der Waals surface area contributed by atoms with Crippen LogP contribution in [0.15, 0.2) is 12.4 Å². The Kier molecular flexibility index (Phi) is 4.87. The molecule has 19 heavy (non-hydrogen) atoms. The molecule has 0 aliphatic carbocycles. The summed E-state index contributed by atoms with van der Waals surface area (Å²) >= 11 is 0. The molecule has 0 fully saturated rings. The van der Waals surface area contributed by atoms with Crippen molar-refractivity contribution in [3.05, 3.63) is 12.4 Å². The van der Waals surface area contributed by atoms with Gasteiger partial charge in [-0.1, -0.05) is 0 Å². The molecular formula is C9H13N3O6S. The maximum Gasteiger partial charge on any atom is 0.325 e. The van der Waals surface area contributed by atoms with Crippen molar-refractivity contribution in [3.63, 3.8) is 0 Å². The number of carbonyl (C=O) groups is 2. The van der Waals surface area contributed by atoms with E-state index in [9.17, 15) is 18.0 Å². The molecule has 0 aromatic carbocycles. The number of carboxylic acid groups (broad SMARTS) is 1. The van der Waals surface area contributed by atoms with Crippen LogP contribution in [-0.2, 0) is 30.9 Å². The van der Waals surface area contributed by atoms with E-state index in [2.05, 4.69) is 14.6 Å². The number of carboxylic acids is 1. The smallest absolute Gasteiger partial charge is 0.325 e. The van der Waals surface area contributed by atoms with Crippen LogP contribution in [0.4, 0.5) is 5.69 Å². The summed E-state index contributed by atoms with van der Waals surface area (Å²) in [4.78, 5) is 21.3. The van der Waals surface area contributed by atoms with Crippen LogP contribution in [0.1, 0.15) is 6.42 Å². The highest BCUT2D eigenvalue weighted by Crippen LogP contribution is 2.08. The number of hydrogen-bond donors (Lipinski definition) is 2. The molecule has 0 radical (unpaired) electrons. The molecule has 0 saturated carbocycles. The van der Waals surface area contributed by atoms with E-state index in [1.807, 2.05) is 0 Å². The third kappa shape index (κ3) is 5.38. The van der Waals surface area contributed by atoms with Crippen molar-refractivity contribution in [1.82, 2.24) is 9.78 Å². The number of hydrogen-bond acceptors (Lipinski definition) is 6. The number of esters is 1. The Balaban J connectivity index is 2.60. The first-order valence-corrected chi connectivity index (χ1v) is 6.79. The molecule has 1 aromatic rings. The SMILES string of the molecule is COC(=O)CCS(=O)(=O)Nc1cnn(CC(=O)O)c1. The van der Waals surface area contributed by atoms with Gasteiger partial charge in [-0.05, 0) is 0 Å². The Labute approximate surface area is 109 Å². The van der Waals surface area contributed by atoms with Crippen LogP contribution >= 0.6 is 0 Å². The molecule has 0 bridgehead atoms. The first kappa shape index (κ1) is 15.0. The molecule has 9 nitrogen and oxygen atoms in total. The maximum absolute atomic E-state index is 11.6. The molecule has 0 saturated heterocycles. The number of nitrogens with one attached hydrogen (secondary N) is 1. The number of sulfonamides is 1. The molecule has 10 heteroatoms. The highest BCUT2D eigenvalue weighted by Gasteiger charge is 2.14. The zero-order valence-corrected chi connectivity index (χ0v) is 10.9. The van der Waals surface area contributed by atoms with Crippen molar-refractivity contribution in [3.8, 4) is 0 Å². The predicted octanol–water partition coefficient (Wildman–Crippen LogP) is -0.727. The Morgan fingerprint density at radius 2 is 2.21 bits per heavy atom. The third-order valence-electron chi connectivity index (χ3n) is 2.01. The Bertz CT molecular complexity index is 564. The predicted molar refractivity (Wildman–Crippen MR) is 63.9 cm³/mol. The van der Waals surface area contributed by atoms with Gasteiger partial charge in [-0.25, -0.2) is 8.42 Å². The molecule has 1 rings (SSSR count). The highest BCUT2D eigenvalue weighted by molar-refractivity contribution is 7.92. The minimum atomic E-state index is -3.71. The summed E-state index contributed by atoms with van der Waals surface area (Å²) in [6, 6.07) is 0. The van der Waals surface area contributed by atoms with Crippen molar-refractivity contribution in [2.45, 2.75) is 13.0 Å². The maximum atomic E-state index is 11.6. The van der Waals surface area contributed by atoms with Gasteiger partial charge in [-0.15, -0.1) is 0 Å². The Hall–Kier alpha value is -2.10. The molecule has 0 unspecified atom stereocenters. The molecule has 2 N–H and O–H groups in total. The average molecular weight is 291 g/mol. The molecular weight excluding hydrogens is 278 g/mol. The van der Waals surface area contributed by atoms with Crippen LogP contribution in [0.3, 0.4) is 0 Å². The van der Waals surface area contributed by atoms with Crippen molar-refractivity contribution in [1.29, 1.82) is 0 Å². The van der Waals surface area contributed by atoms with Crippen LogP contribution < -0.4 is 4.72 Å². The molecule has 0 spiro atoms. The summed E-state index contributed by atoms with van der Waals surface area (Å²) in [6.45, 7) is -0.371. The number of carbonyl (C=O) groups excluding carboxylic acids is 1. The van der Waals surface area contributed by atoms with Crippen LogP contribution in [0.2, 0.25) is 0 Å². The van der Waals surface area contributed by atoms with E-state index in [1.165, 1.54) is 12.4 Å². The van der Waals surface area contributed by atoms with Gasteiger partial charge in [-0.2, -0.15) is 5.10 Å².